The largest absolute Gasteiger partial charge is 0.484 e. The van der Waals surface area contributed by atoms with E-state index in [4.69, 9.17) is 14.7 Å². The van der Waals surface area contributed by atoms with Crippen molar-refractivity contribution in [3.8, 4) is 17.6 Å². The Morgan fingerprint density at radius 2 is 1.38 bits per heavy atom. The van der Waals surface area contributed by atoms with Crippen molar-refractivity contribution in [2.75, 3.05) is 13.2 Å². The fourth-order valence-electron chi connectivity index (χ4n) is 2.15. The highest BCUT2D eigenvalue weighted by atomic mass is 16.5. The molecule has 0 unspecified atom stereocenters. The van der Waals surface area contributed by atoms with Gasteiger partial charge in [0.1, 0.15) is 11.5 Å². The fraction of sp³-hybridized carbons (Fsp3) is 0.211. The molecule has 26 heavy (non-hydrogen) atoms. The molecule has 134 valence electrons. The zero-order valence-corrected chi connectivity index (χ0v) is 14.5. The van der Waals surface area contributed by atoms with Crippen LogP contribution in [0, 0.1) is 25.2 Å². The summed E-state index contributed by atoms with van der Waals surface area (Å²) >= 11 is 0. The maximum Gasteiger partial charge on any atom is 0.276 e. The molecule has 2 rings (SSSR count). The van der Waals surface area contributed by atoms with Gasteiger partial charge in [0.25, 0.3) is 11.8 Å². The number of hydrazine groups is 1. The number of aryl methyl sites for hydroxylation is 2. The van der Waals surface area contributed by atoms with Crippen LogP contribution in [0.1, 0.15) is 16.7 Å². The van der Waals surface area contributed by atoms with Crippen LogP contribution in [0.5, 0.6) is 11.5 Å². The van der Waals surface area contributed by atoms with E-state index in [2.05, 4.69) is 10.9 Å². The standard InChI is InChI=1S/C19H19N3O4/c1-13-7-14(2)9-17(8-13)26-12-19(24)22-21-18(23)11-25-16-5-3-15(10-20)4-6-16/h3-9H,11-12H2,1-2H3,(H,21,23)(H,22,24). The van der Waals surface area contributed by atoms with E-state index in [0.29, 0.717) is 17.1 Å². The number of carbonyl (C=O) groups excluding carboxylic acids is 2. The summed E-state index contributed by atoms with van der Waals surface area (Å²) in [6.45, 7) is 3.38. The van der Waals surface area contributed by atoms with Crippen LogP contribution in [-0.2, 0) is 9.59 Å². The molecule has 7 nitrogen and oxygen atoms in total. The molecule has 2 aromatic carbocycles. The highest BCUT2D eigenvalue weighted by Gasteiger charge is 2.07. The lowest BCUT2D eigenvalue weighted by Gasteiger charge is -2.10. The van der Waals surface area contributed by atoms with Crippen LogP contribution in [0.3, 0.4) is 0 Å². The molecule has 0 heterocycles. The van der Waals surface area contributed by atoms with E-state index in [1.807, 2.05) is 38.1 Å². The van der Waals surface area contributed by atoms with Crippen molar-refractivity contribution in [1.82, 2.24) is 10.9 Å². The molecule has 0 saturated heterocycles. The molecule has 2 amide bonds. The van der Waals surface area contributed by atoms with Gasteiger partial charge >= 0.3 is 0 Å². The topological polar surface area (TPSA) is 100 Å². The quantitative estimate of drug-likeness (QED) is 0.771. The van der Waals surface area contributed by atoms with E-state index in [1.165, 1.54) is 0 Å². The number of rotatable bonds is 6. The second-order valence-corrected chi connectivity index (χ2v) is 5.63. The van der Waals surface area contributed by atoms with Gasteiger partial charge in [-0.15, -0.1) is 0 Å². The lowest BCUT2D eigenvalue weighted by molar-refractivity contribution is -0.131. The predicted molar refractivity (Wildman–Crippen MR) is 94.3 cm³/mol. The number of nitrogens with zero attached hydrogens (tertiary/aromatic N) is 1. The van der Waals surface area contributed by atoms with Gasteiger partial charge in [-0.2, -0.15) is 5.26 Å². The van der Waals surface area contributed by atoms with E-state index in [0.717, 1.165) is 11.1 Å². The van der Waals surface area contributed by atoms with Crippen molar-refractivity contribution in [3.63, 3.8) is 0 Å². The molecule has 0 bridgehead atoms. The van der Waals surface area contributed by atoms with Crippen LogP contribution >= 0.6 is 0 Å². The summed E-state index contributed by atoms with van der Waals surface area (Å²) < 4.78 is 10.6. The normalized spacial score (nSPS) is 9.73. The monoisotopic (exact) mass is 353 g/mol. The average molecular weight is 353 g/mol. The molecule has 0 aliphatic carbocycles. The maximum absolute atomic E-state index is 11.7. The van der Waals surface area contributed by atoms with E-state index in [-0.39, 0.29) is 13.2 Å². The van der Waals surface area contributed by atoms with E-state index in [1.54, 1.807) is 24.3 Å². The first-order valence-electron chi connectivity index (χ1n) is 7.88. The summed E-state index contributed by atoms with van der Waals surface area (Å²) in [4.78, 5) is 23.4. The summed E-state index contributed by atoms with van der Waals surface area (Å²) in [7, 11) is 0. The molecule has 0 saturated carbocycles. The molecule has 0 aliphatic heterocycles. The van der Waals surface area contributed by atoms with Gasteiger partial charge in [-0.3, -0.25) is 20.4 Å². The zero-order chi connectivity index (χ0) is 18.9. The summed E-state index contributed by atoms with van der Waals surface area (Å²) in [5.74, 6) is 0.0294. The van der Waals surface area contributed by atoms with Crippen LogP contribution in [0.4, 0.5) is 0 Å². The number of hydrogen-bond acceptors (Lipinski definition) is 5. The Hall–Kier alpha value is -3.53. The molecule has 2 N–H and O–H groups in total. The lowest BCUT2D eigenvalue weighted by Crippen LogP contribution is -2.45. The molecule has 0 atom stereocenters. The number of nitriles is 1. The van der Waals surface area contributed by atoms with E-state index in [9.17, 15) is 9.59 Å². The van der Waals surface area contributed by atoms with Crippen molar-refractivity contribution in [2.45, 2.75) is 13.8 Å². The highest BCUT2D eigenvalue weighted by Crippen LogP contribution is 2.15. The molecule has 0 spiro atoms. The van der Waals surface area contributed by atoms with Crippen LogP contribution in [-0.4, -0.2) is 25.0 Å². The first-order valence-corrected chi connectivity index (χ1v) is 7.88. The van der Waals surface area contributed by atoms with Crippen molar-refractivity contribution < 1.29 is 19.1 Å². The van der Waals surface area contributed by atoms with Crippen molar-refractivity contribution >= 4 is 11.8 Å². The first-order chi connectivity index (χ1) is 12.5. The summed E-state index contributed by atoms with van der Waals surface area (Å²) in [6.07, 6.45) is 0. The number of ether oxygens (including phenoxy) is 2. The Morgan fingerprint density at radius 1 is 0.885 bits per heavy atom. The number of benzene rings is 2. The Kier molecular flexibility index (Phi) is 6.57. The second kappa shape index (κ2) is 9.08. The molecular formula is C19H19N3O4. The molecule has 7 heteroatoms. The van der Waals surface area contributed by atoms with Gasteiger partial charge in [0.2, 0.25) is 0 Å². The van der Waals surface area contributed by atoms with Gasteiger partial charge in [-0.05, 0) is 61.4 Å². The predicted octanol–water partition coefficient (Wildman–Crippen LogP) is 1.78. The average Bonchev–Trinajstić information content (AvgIpc) is 2.62. The Balaban J connectivity index is 1.69. The third-order valence-electron chi connectivity index (χ3n) is 3.26. The summed E-state index contributed by atoms with van der Waals surface area (Å²) in [6, 6.07) is 14.0. The van der Waals surface area contributed by atoms with Crippen LogP contribution in [0.15, 0.2) is 42.5 Å². The van der Waals surface area contributed by atoms with Gasteiger partial charge < -0.3 is 9.47 Å². The molecule has 0 aliphatic rings. The molecular weight excluding hydrogens is 334 g/mol. The zero-order valence-electron chi connectivity index (χ0n) is 14.5. The first kappa shape index (κ1) is 18.8. The molecule has 2 aromatic rings. The van der Waals surface area contributed by atoms with E-state index < -0.39 is 11.8 Å². The second-order valence-electron chi connectivity index (χ2n) is 5.63. The van der Waals surface area contributed by atoms with Gasteiger partial charge in [-0.1, -0.05) is 6.07 Å². The fourth-order valence-corrected chi connectivity index (χ4v) is 2.15. The SMILES string of the molecule is Cc1cc(C)cc(OCC(=O)NNC(=O)COc2ccc(C#N)cc2)c1. The Morgan fingerprint density at radius 3 is 1.88 bits per heavy atom. The summed E-state index contributed by atoms with van der Waals surface area (Å²) in [5, 5.41) is 8.71. The minimum absolute atomic E-state index is 0.223. The number of nitrogens with one attached hydrogen (secondary N) is 2. The molecule has 0 radical (unpaired) electrons. The van der Waals surface area contributed by atoms with Gasteiger partial charge in [0.15, 0.2) is 13.2 Å². The Bertz CT molecular complexity index is 805. The Labute approximate surface area is 151 Å². The molecule has 0 fully saturated rings. The van der Waals surface area contributed by atoms with Crippen LogP contribution < -0.4 is 20.3 Å². The van der Waals surface area contributed by atoms with Crippen LogP contribution in [0.2, 0.25) is 0 Å². The van der Waals surface area contributed by atoms with Crippen molar-refractivity contribution in [1.29, 1.82) is 5.26 Å². The summed E-state index contributed by atoms with van der Waals surface area (Å²) in [5.41, 5.74) is 7.06. The van der Waals surface area contributed by atoms with Gasteiger partial charge in [0.05, 0.1) is 11.6 Å². The van der Waals surface area contributed by atoms with Crippen LogP contribution in [0.25, 0.3) is 0 Å². The third-order valence-corrected chi connectivity index (χ3v) is 3.26. The van der Waals surface area contributed by atoms with E-state index >= 15 is 0 Å². The highest BCUT2D eigenvalue weighted by molar-refractivity contribution is 5.83. The van der Waals surface area contributed by atoms with Crippen molar-refractivity contribution in [3.05, 3.63) is 59.2 Å². The van der Waals surface area contributed by atoms with Gasteiger partial charge in [0, 0.05) is 0 Å². The minimum atomic E-state index is -0.519. The van der Waals surface area contributed by atoms with Gasteiger partial charge in [-0.25, -0.2) is 0 Å². The minimum Gasteiger partial charge on any atom is -0.484 e. The maximum atomic E-state index is 11.7. The number of amides is 2. The number of carbonyl (C=O) groups is 2. The lowest BCUT2D eigenvalue weighted by atomic mass is 10.1. The smallest absolute Gasteiger partial charge is 0.276 e. The molecule has 0 aromatic heterocycles. The third kappa shape index (κ3) is 6.17. The number of hydrogen-bond donors (Lipinski definition) is 2. The van der Waals surface area contributed by atoms with Crippen molar-refractivity contribution in [2.24, 2.45) is 0 Å².